The molecule has 1 aromatic heterocycles. The first-order valence-electron chi connectivity index (χ1n) is 5.98. The van der Waals surface area contributed by atoms with Crippen LogP contribution in [0.2, 0.25) is 0 Å². The van der Waals surface area contributed by atoms with E-state index in [0.717, 1.165) is 17.7 Å². The van der Waals surface area contributed by atoms with Crippen molar-refractivity contribution in [2.45, 2.75) is 39.7 Å². The molecule has 0 saturated heterocycles. The van der Waals surface area contributed by atoms with Crippen LogP contribution in [-0.2, 0) is 6.42 Å². The lowest BCUT2D eigenvalue weighted by molar-refractivity contribution is 0.0736. The minimum absolute atomic E-state index is 0.131. The van der Waals surface area contributed by atoms with Gasteiger partial charge in [0.1, 0.15) is 5.76 Å². The van der Waals surface area contributed by atoms with E-state index in [9.17, 15) is 9.90 Å². The highest BCUT2D eigenvalue weighted by atomic mass is 16.4. The van der Waals surface area contributed by atoms with Gasteiger partial charge in [0.25, 0.3) is 5.91 Å². The van der Waals surface area contributed by atoms with Crippen LogP contribution in [0.15, 0.2) is 10.5 Å². The molecular weight excluding hydrogens is 218 g/mol. The third-order valence-electron chi connectivity index (χ3n) is 2.78. The van der Waals surface area contributed by atoms with Crippen molar-refractivity contribution in [3.8, 4) is 0 Å². The number of carbonyl (C=O) groups excluding carboxylic acids is 1. The fourth-order valence-electron chi connectivity index (χ4n) is 1.65. The summed E-state index contributed by atoms with van der Waals surface area (Å²) in [5, 5.41) is 9.18. The van der Waals surface area contributed by atoms with Crippen molar-refractivity contribution >= 4 is 5.91 Å². The first-order chi connectivity index (χ1) is 7.95. The molecule has 0 aromatic carbocycles. The minimum atomic E-state index is -0.394. The predicted molar refractivity (Wildman–Crippen MR) is 66.1 cm³/mol. The first-order valence-corrected chi connectivity index (χ1v) is 5.98. The van der Waals surface area contributed by atoms with Crippen LogP contribution in [0.5, 0.6) is 0 Å². The number of hydrogen-bond donors (Lipinski definition) is 1. The average Bonchev–Trinajstić information content (AvgIpc) is 2.66. The summed E-state index contributed by atoms with van der Waals surface area (Å²) >= 11 is 0. The van der Waals surface area contributed by atoms with Gasteiger partial charge in [0.2, 0.25) is 0 Å². The summed E-state index contributed by atoms with van der Waals surface area (Å²) in [6, 6.07) is 1.78. The number of rotatable bonds is 5. The Morgan fingerprint density at radius 3 is 2.71 bits per heavy atom. The maximum Gasteiger partial charge on any atom is 0.289 e. The molecule has 1 N–H and O–H groups in total. The van der Waals surface area contributed by atoms with Gasteiger partial charge in [-0.2, -0.15) is 0 Å². The van der Waals surface area contributed by atoms with Gasteiger partial charge >= 0.3 is 0 Å². The van der Waals surface area contributed by atoms with Crippen molar-refractivity contribution < 1.29 is 14.3 Å². The molecule has 0 fully saturated rings. The summed E-state index contributed by atoms with van der Waals surface area (Å²) in [5.41, 5.74) is 1.01. The Hall–Kier alpha value is -1.29. The summed E-state index contributed by atoms with van der Waals surface area (Å²) in [4.78, 5) is 13.6. The van der Waals surface area contributed by atoms with Crippen molar-refractivity contribution in [3.63, 3.8) is 0 Å². The van der Waals surface area contributed by atoms with E-state index in [-0.39, 0.29) is 5.91 Å². The molecule has 1 atom stereocenters. The Balaban J connectivity index is 2.68. The highest BCUT2D eigenvalue weighted by molar-refractivity contribution is 5.91. The van der Waals surface area contributed by atoms with Crippen LogP contribution in [0.1, 0.15) is 42.1 Å². The highest BCUT2D eigenvalue weighted by Gasteiger charge is 2.17. The quantitative estimate of drug-likeness (QED) is 0.855. The lowest BCUT2D eigenvalue weighted by atomic mass is 10.2. The third-order valence-corrected chi connectivity index (χ3v) is 2.78. The number of amides is 1. The van der Waals surface area contributed by atoms with Crippen LogP contribution in [0.4, 0.5) is 0 Å². The van der Waals surface area contributed by atoms with Crippen LogP contribution < -0.4 is 0 Å². The van der Waals surface area contributed by atoms with E-state index in [1.807, 2.05) is 13.8 Å². The topological polar surface area (TPSA) is 53.7 Å². The molecule has 0 aliphatic rings. The second kappa shape index (κ2) is 5.87. The highest BCUT2D eigenvalue weighted by Crippen LogP contribution is 2.16. The van der Waals surface area contributed by atoms with Gasteiger partial charge in [0.15, 0.2) is 5.76 Å². The fraction of sp³-hybridized carbons (Fsp3) is 0.615. The third kappa shape index (κ3) is 3.60. The Bertz CT molecular complexity index is 382. The van der Waals surface area contributed by atoms with E-state index < -0.39 is 6.10 Å². The van der Waals surface area contributed by atoms with E-state index in [1.54, 1.807) is 24.9 Å². The molecule has 96 valence electrons. The lowest BCUT2D eigenvalue weighted by Gasteiger charge is -2.16. The van der Waals surface area contributed by atoms with Gasteiger partial charge in [0.05, 0.1) is 6.10 Å². The SMILES string of the molecule is CCc1oc(C(=O)N(C)CCC(C)O)cc1C. The normalized spacial score (nSPS) is 12.5. The molecule has 0 spiro atoms. The predicted octanol–water partition coefficient (Wildman–Crippen LogP) is 1.99. The van der Waals surface area contributed by atoms with E-state index in [4.69, 9.17) is 4.42 Å². The smallest absolute Gasteiger partial charge is 0.289 e. The number of aryl methyl sites for hydroxylation is 2. The first kappa shape index (κ1) is 13.8. The van der Waals surface area contributed by atoms with Gasteiger partial charge in [-0.15, -0.1) is 0 Å². The monoisotopic (exact) mass is 239 g/mol. The molecule has 17 heavy (non-hydrogen) atoms. The number of aliphatic hydroxyl groups excluding tert-OH is 1. The van der Waals surface area contributed by atoms with Gasteiger partial charge in [-0.25, -0.2) is 0 Å². The fourth-order valence-corrected chi connectivity index (χ4v) is 1.65. The average molecular weight is 239 g/mol. The van der Waals surface area contributed by atoms with Crippen LogP contribution >= 0.6 is 0 Å². The van der Waals surface area contributed by atoms with Crippen LogP contribution in [0.3, 0.4) is 0 Å². The summed E-state index contributed by atoms with van der Waals surface area (Å²) in [5.74, 6) is 1.11. The Kier molecular flexibility index (Phi) is 4.75. The number of hydrogen-bond acceptors (Lipinski definition) is 3. The zero-order chi connectivity index (χ0) is 13.0. The molecule has 0 aliphatic carbocycles. The van der Waals surface area contributed by atoms with Crippen LogP contribution in [0, 0.1) is 6.92 Å². The number of furan rings is 1. The maximum atomic E-state index is 12.0. The van der Waals surface area contributed by atoms with E-state index in [2.05, 4.69) is 0 Å². The van der Waals surface area contributed by atoms with Crippen molar-refractivity contribution in [1.29, 1.82) is 0 Å². The zero-order valence-electron chi connectivity index (χ0n) is 11.0. The molecule has 4 heteroatoms. The van der Waals surface area contributed by atoms with Crippen molar-refractivity contribution in [2.75, 3.05) is 13.6 Å². The molecule has 1 amide bonds. The molecule has 4 nitrogen and oxygen atoms in total. The maximum absolute atomic E-state index is 12.0. The molecule has 0 aliphatic heterocycles. The second-order valence-corrected chi connectivity index (χ2v) is 4.43. The molecule has 1 aromatic rings. The molecule has 0 saturated carbocycles. The van der Waals surface area contributed by atoms with E-state index >= 15 is 0 Å². The van der Waals surface area contributed by atoms with Gasteiger partial charge in [-0.1, -0.05) is 6.92 Å². The van der Waals surface area contributed by atoms with Crippen molar-refractivity contribution in [2.24, 2.45) is 0 Å². The summed E-state index contributed by atoms with van der Waals surface area (Å²) in [6.07, 6.45) is 0.966. The van der Waals surface area contributed by atoms with Gasteiger partial charge < -0.3 is 14.4 Å². The minimum Gasteiger partial charge on any atom is -0.456 e. The van der Waals surface area contributed by atoms with Gasteiger partial charge in [-0.3, -0.25) is 4.79 Å². The largest absolute Gasteiger partial charge is 0.456 e. The van der Waals surface area contributed by atoms with Gasteiger partial charge in [0, 0.05) is 20.0 Å². The molecule has 0 bridgehead atoms. The Morgan fingerprint density at radius 1 is 1.59 bits per heavy atom. The second-order valence-electron chi connectivity index (χ2n) is 4.43. The van der Waals surface area contributed by atoms with Crippen LogP contribution in [0.25, 0.3) is 0 Å². The molecule has 1 rings (SSSR count). The number of nitrogens with zero attached hydrogens (tertiary/aromatic N) is 1. The molecule has 1 unspecified atom stereocenters. The summed E-state index contributed by atoms with van der Waals surface area (Å²) in [7, 11) is 1.72. The van der Waals surface area contributed by atoms with E-state index in [0.29, 0.717) is 18.7 Å². The van der Waals surface area contributed by atoms with Crippen molar-refractivity contribution in [1.82, 2.24) is 4.90 Å². The standard InChI is InChI=1S/C13H21NO3/c1-5-11-9(2)8-12(17-11)13(16)14(4)7-6-10(3)15/h8,10,15H,5-7H2,1-4H3. The van der Waals surface area contributed by atoms with E-state index in [1.165, 1.54) is 0 Å². The molecule has 0 radical (unpaired) electrons. The van der Waals surface area contributed by atoms with Crippen molar-refractivity contribution in [3.05, 3.63) is 23.2 Å². The number of carbonyl (C=O) groups is 1. The lowest BCUT2D eigenvalue weighted by Crippen LogP contribution is -2.29. The Morgan fingerprint density at radius 2 is 2.24 bits per heavy atom. The van der Waals surface area contributed by atoms with Crippen LogP contribution in [-0.4, -0.2) is 35.6 Å². The summed E-state index contributed by atoms with van der Waals surface area (Å²) in [6.45, 7) is 6.18. The zero-order valence-corrected chi connectivity index (χ0v) is 11.0. The summed E-state index contributed by atoms with van der Waals surface area (Å²) < 4.78 is 5.50. The molecular formula is C13H21NO3. The van der Waals surface area contributed by atoms with Gasteiger partial charge in [-0.05, 0) is 31.9 Å². The Labute approximate surface area is 102 Å². The molecule has 1 heterocycles. The number of aliphatic hydroxyl groups is 1.